The van der Waals surface area contributed by atoms with Crippen LogP contribution >= 0.6 is 0 Å². The molecule has 9 aromatic rings. The molecule has 0 bridgehead atoms. The second-order valence-electron chi connectivity index (χ2n) is 13.0. The van der Waals surface area contributed by atoms with Crippen LogP contribution in [-0.2, 0) is 0 Å². The first kappa shape index (κ1) is 29.6. The van der Waals surface area contributed by atoms with Crippen LogP contribution in [0.4, 0.5) is 0 Å². The van der Waals surface area contributed by atoms with Crippen LogP contribution in [0, 0.1) is 0 Å². The highest BCUT2D eigenvalue weighted by molar-refractivity contribution is 6.09. The molecule has 0 amide bonds. The van der Waals surface area contributed by atoms with Gasteiger partial charge in [0.2, 0.25) is 0 Å². The van der Waals surface area contributed by atoms with Gasteiger partial charge in [-0.05, 0) is 100 Å². The maximum atomic E-state index is 2.32. The van der Waals surface area contributed by atoms with Gasteiger partial charge in [-0.25, -0.2) is 0 Å². The fourth-order valence-corrected chi connectivity index (χ4v) is 7.11. The highest BCUT2D eigenvalue weighted by Gasteiger charge is 2.08. The smallest absolute Gasteiger partial charge is 0.0105 e. The van der Waals surface area contributed by atoms with Gasteiger partial charge in [-0.3, -0.25) is 0 Å². The molecule has 0 radical (unpaired) electrons. The van der Waals surface area contributed by atoms with Gasteiger partial charge in [-0.2, -0.15) is 0 Å². The molecule has 0 aliphatic carbocycles. The number of fused-ring (bicyclic) bond motifs is 3. The zero-order chi connectivity index (χ0) is 33.3. The van der Waals surface area contributed by atoms with Gasteiger partial charge in [0, 0.05) is 0 Å². The van der Waals surface area contributed by atoms with Crippen molar-refractivity contribution in [2.75, 3.05) is 0 Å². The summed E-state index contributed by atoms with van der Waals surface area (Å²) in [6, 6.07) is 74.8. The minimum absolute atomic E-state index is 1.22. The van der Waals surface area contributed by atoms with Gasteiger partial charge >= 0.3 is 0 Å². The van der Waals surface area contributed by atoms with E-state index in [4.69, 9.17) is 0 Å². The molecule has 0 aliphatic heterocycles. The molecule has 0 saturated carbocycles. The summed E-state index contributed by atoms with van der Waals surface area (Å²) in [5, 5.41) is 5.07. The SMILES string of the molecule is c1ccc(-c2ccc(-c3ccc(-c4ccc5c(ccc6cc(-c7ccc(-c8ccc(-c9ccccc9)cc8)cc7)ccc65)c4)cc3)cc2)cc1. The molecular weight excluding hydrogens is 601 g/mol. The standard InChI is InChI=1S/C50H34/c1-3-7-35(8-4-1)37-11-15-39(16-12-37)41-19-23-43(24-20-41)45-29-31-49-47(33-45)27-28-48-34-46(30-32-50(48)49)44-25-21-42(22-26-44)40-17-13-38(14-18-40)36-9-5-2-6-10-36/h1-34H. The molecule has 0 spiro atoms. The van der Waals surface area contributed by atoms with E-state index in [0.717, 1.165) is 0 Å². The second kappa shape index (κ2) is 12.8. The molecule has 50 heavy (non-hydrogen) atoms. The molecule has 234 valence electrons. The normalized spacial score (nSPS) is 11.2. The van der Waals surface area contributed by atoms with E-state index in [1.807, 2.05) is 0 Å². The number of hydrogen-bond donors (Lipinski definition) is 0. The summed E-state index contributed by atoms with van der Waals surface area (Å²) in [6.45, 7) is 0. The van der Waals surface area contributed by atoms with Crippen molar-refractivity contribution in [1.82, 2.24) is 0 Å². The number of hydrogen-bond acceptors (Lipinski definition) is 0. The van der Waals surface area contributed by atoms with Crippen molar-refractivity contribution in [2.45, 2.75) is 0 Å². The van der Waals surface area contributed by atoms with E-state index in [1.165, 1.54) is 88.3 Å². The van der Waals surface area contributed by atoms with Gasteiger partial charge in [-0.1, -0.05) is 194 Å². The molecule has 0 atom stereocenters. The minimum atomic E-state index is 1.22. The van der Waals surface area contributed by atoms with Crippen LogP contribution in [0.15, 0.2) is 206 Å². The maximum absolute atomic E-state index is 2.32. The average molecular weight is 635 g/mol. The van der Waals surface area contributed by atoms with E-state index >= 15 is 0 Å². The summed E-state index contributed by atoms with van der Waals surface area (Å²) in [5.41, 5.74) is 14.8. The Balaban J connectivity index is 0.931. The first-order chi connectivity index (χ1) is 24.7. The van der Waals surface area contributed by atoms with Crippen LogP contribution in [-0.4, -0.2) is 0 Å². The maximum Gasteiger partial charge on any atom is -0.0105 e. The molecule has 0 aliphatic rings. The largest absolute Gasteiger partial charge is 0.0622 e. The number of benzene rings is 9. The highest BCUT2D eigenvalue weighted by Crippen LogP contribution is 2.34. The first-order valence-corrected chi connectivity index (χ1v) is 17.2. The van der Waals surface area contributed by atoms with Crippen molar-refractivity contribution in [2.24, 2.45) is 0 Å². The van der Waals surface area contributed by atoms with E-state index in [2.05, 4.69) is 206 Å². The Hall–Kier alpha value is -6.50. The summed E-state index contributed by atoms with van der Waals surface area (Å²) in [4.78, 5) is 0. The summed E-state index contributed by atoms with van der Waals surface area (Å²) in [7, 11) is 0. The highest BCUT2D eigenvalue weighted by atomic mass is 14.1. The minimum Gasteiger partial charge on any atom is -0.0622 e. The fraction of sp³-hybridized carbons (Fsp3) is 0. The second-order valence-corrected chi connectivity index (χ2v) is 13.0. The summed E-state index contributed by atoms with van der Waals surface area (Å²) in [5.74, 6) is 0. The third-order valence-corrected chi connectivity index (χ3v) is 9.92. The van der Waals surface area contributed by atoms with Gasteiger partial charge in [0.15, 0.2) is 0 Å². The third kappa shape index (κ3) is 5.78. The lowest BCUT2D eigenvalue weighted by Gasteiger charge is -2.11. The Morgan fingerprint density at radius 1 is 0.160 bits per heavy atom. The third-order valence-electron chi connectivity index (χ3n) is 9.92. The van der Waals surface area contributed by atoms with Gasteiger partial charge in [0.1, 0.15) is 0 Å². The lowest BCUT2D eigenvalue weighted by Crippen LogP contribution is -1.85. The van der Waals surface area contributed by atoms with Gasteiger partial charge in [0.05, 0.1) is 0 Å². The van der Waals surface area contributed by atoms with Crippen molar-refractivity contribution in [3.8, 4) is 66.8 Å². The Bertz CT molecular complexity index is 2380. The zero-order valence-electron chi connectivity index (χ0n) is 27.6. The molecule has 0 aromatic heterocycles. The lowest BCUT2D eigenvalue weighted by molar-refractivity contribution is 1.58. The first-order valence-electron chi connectivity index (χ1n) is 17.2. The quantitative estimate of drug-likeness (QED) is 0.160. The van der Waals surface area contributed by atoms with Crippen LogP contribution in [0.2, 0.25) is 0 Å². The molecule has 9 aromatic carbocycles. The Labute approximate surface area is 293 Å². The van der Waals surface area contributed by atoms with Crippen molar-refractivity contribution in [3.05, 3.63) is 206 Å². The van der Waals surface area contributed by atoms with E-state index in [0.29, 0.717) is 0 Å². The van der Waals surface area contributed by atoms with E-state index < -0.39 is 0 Å². The van der Waals surface area contributed by atoms with E-state index in [9.17, 15) is 0 Å². The summed E-state index contributed by atoms with van der Waals surface area (Å²) in [6.07, 6.45) is 0. The number of rotatable bonds is 6. The molecule has 0 heterocycles. The Kier molecular flexibility index (Phi) is 7.61. The Morgan fingerprint density at radius 2 is 0.380 bits per heavy atom. The molecular formula is C50H34. The topological polar surface area (TPSA) is 0 Å². The molecule has 0 nitrogen and oxygen atoms in total. The van der Waals surface area contributed by atoms with Gasteiger partial charge in [-0.15, -0.1) is 0 Å². The summed E-state index contributed by atoms with van der Waals surface area (Å²) < 4.78 is 0. The average Bonchev–Trinajstić information content (AvgIpc) is 3.21. The van der Waals surface area contributed by atoms with Gasteiger partial charge < -0.3 is 0 Å². The zero-order valence-corrected chi connectivity index (χ0v) is 27.6. The van der Waals surface area contributed by atoms with Crippen molar-refractivity contribution >= 4 is 21.5 Å². The predicted octanol–water partition coefficient (Wildman–Crippen LogP) is 14.0. The van der Waals surface area contributed by atoms with E-state index in [-0.39, 0.29) is 0 Å². The monoisotopic (exact) mass is 634 g/mol. The van der Waals surface area contributed by atoms with Crippen LogP contribution in [0.5, 0.6) is 0 Å². The van der Waals surface area contributed by atoms with Crippen LogP contribution in [0.3, 0.4) is 0 Å². The van der Waals surface area contributed by atoms with Crippen LogP contribution in [0.25, 0.3) is 88.3 Å². The van der Waals surface area contributed by atoms with Crippen LogP contribution < -0.4 is 0 Å². The van der Waals surface area contributed by atoms with Crippen molar-refractivity contribution in [1.29, 1.82) is 0 Å². The molecule has 0 fully saturated rings. The van der Waals surface area contributed by atoms with Gasteiger partial charge in [0.25, 0.3) is 0 Å². The van der Waals surface area contributed by atoms with Crippen molar-refractivity contribution in [3.63, 3.8) is 0 Å². The predicted molar refractivity (Wildman–Crippen MR) is 214 cm³/mol. The van der Waals surface area contributed by atoms with Crippen LogP contribution in [0.1, 0.15) is 0 Å². The fourth-order valence-electron chi connectivity index (χ4n) is 7.11. The molecule has 0 heteroatoms. The lowest BCUT2D eigenvalue weighted by atomic mass is 9.94. The molecule has 0 unspecified atom stereocenters. The molecule has 9 rings (SSSR count). The molecule has 0 saturated heterocycles. The summed E-state index contributed by atoms with van der Waals surface area (Å²) >= 11 is 0. The Morgan fingerprint density at radius 3 is 0.660 bits per heavy atom. The molecule has 0 N–H and O–H groups in total. The van der Waals surface area contributed by atoms with E-state index in [1.54, 1.807) is 0 Å². The van der Waals surface area contributed by atoms with Crippen molar-refractivity contribution < 1.29 is 0 Å².